The molecule has 1 fully saturated rings. The SMILES string of the molecule is CCCC1CC=C(c2ccc(C(=O)OC3CCC(C)CC3)cc2)CC1. The van der Waals surface area contributed by atoms with Gasteiger partial charge in [0.1, 0.15) is 6.10 Å². The number of ether oxygens (including phenoxy) is 1. The van der Waals surface area contributed by atoms with Crippen molar-refractivity contribution in [2.24, 2.45) is 11.8 Å². The average Bonchev–Trinajstić information content (AvgIpc) is 2.65. The minimum Gasteiger partial charge on any atom is -0.459 e. The summed E-state index contributed by atoms with van der Waals surface area (Å²) in [5.41, 5.74) is 3.38. The largest absolute Gasteiger partial charge is 0.459 e. The number of carbonyl (C=O) groups excluding carboxylic acids is 1. The molecule has 136 valence electrons. The van der Waals surface area contributed by atoms with Crippen molar-refractivity contribution in [3.05, 3.63) is 41.5 Å². The Bertz CT molecular complexity index is 591. The van der Waals surface area contributed by atoms with Crippen molar-refractivity contribution in [2.75, 3.05) is 0 Å². The number of hydrogen-bond acceptors (Lipinski definition) is 2. The Balaban J connectivity index is 1.56. The van der Waals surface area contributed by atoms with Crippen LogP contribution in [0, 0.1) is 11.8 Å². The molecule has 3 rings (SSSR count). The van der Waals surface area contributed by atoms with Gasteiger partial charge < -0.3 is 4.74 Å². The van der Waals surface area contributed by atoms with E-state index in [0.717, 1.165) is 31.1 Å². The first-order valence-corrected chi connectivity index (χ1v) is 10.2. The normalized spacial score (nSPS) is 26.8. The first-order chi connectivity index (χ1) is 12.2. The van der Waals surface area contributed by atoms with Crippen LogP contribution in [0.1, 0.15) is 87.6 Å². The molecule has 0 aliphatic heterocycles. The Hall–Kier alpha value is -1.57. The highest BCUT2D eigenvalue weighted by Crippen LogP contribution is 2.32. The summed E-state index contributed by atoms with van der Waals surface area (Å²) >= 11 is 0. The fraction of sp³-hybridized carbons (Fsp3) is 0.609. The van der Waals surface area contributed by atoms with Gasteiger partial charge in [-0.3, -0.25) is 0 Å². The zero-order chi connectivity index (χ0) is 17.6. The molecule has 1 unspecified atom stereocenters. The maximum Gasteiger partial charge on any atom is 0.338 e. The Labute approximate surface area is 152 Å². The van der Waals surface area contributed by atoms with Crippen LogP contribution in [0.4, 0.5) is 0 Å². The van der Waals surface area contributed by atoms with Crippen molar-refractivity contribution in [3.8, 4) is 0 Å². The third-order valence-corrected chi connectivity index (χ3v) is 5.94. The van der Waals surface area contributed by atoms with Gasteiger partial charge >= 0.3 is 5.97 Å². The molecule has 1 aromatic rings. The molecular weight excluding hydrogens is 308 g/mol. The zero-order valence-corrected chi connectivity index (χ0v) is 15.8. The second-order valence-electron chi connectivity index (χ2n) is 8.02. The van der Waals surface area contributed by atoms with E-state index in [9.17, 15) is 4.79 Å². The number of rotatable bonds is 5. The van der Waals surface area contributed by atoms with E-state index in [1.807, 2.05) is 12.1 Å². The Morgan fingerprint density at radius 2 is 1.80 bits per heavy atom. The summed E-state index contributed by atoms with van der Waals surface area (Å²) in [6.07, 6.45) is 13.2. The van der Waals surface area contributed by atoms with Crippen LogP contribution in [0.15, 0.2) is 30.3 Å². The number of hydrogen-bond donors (Lipinski definition) is 0. The van der Waals surface area contributed by atoms with Crippen molar-refractivity contribution in [2.45, 2.75) is 77.7 Å². The molecule has 0 heterocycles. The molecule has 0 spiro atoms. The first-order valence-electron chi connectivity index (χ1n) is 10.2. The van der Waals surface area contributed by atoms with E-state index >= 15 is 0 Å². The lowest BCUT2D eigenvalue weighted by Gasteiger charge is -2.26. The maximum absolute atomic E-state index is 12.4. The van der Waals surface area contributed by atoms with E-state index in [0.29, 0.717) is 5.56 Å². The van der Waals surface area contributed by atoms with Gasteiger partial charge in [0.2, 0.25) is 0 Å². The third kappa shape index (κ3) is 4.96. The molecule has 1 aromatic carbocycles. The molecule has 0 aromatic heterocycles. The maximum atomic E-state index is 12.4. The van der Waals surface area contributed by atoms with Gasteiger partial charge in [0, 0.05) is 0 Å². The zero-order valence-electron chi connectivity index (χ0n) is 15.8. The molecule has 2 nitrogen and oxygen atoms in total. The molecule has 0 amide bonds. The van der Waals surface area contributed by atoms with Crippen LogP contribution in [-0.2, 0) is 4.74 Å². The van der Waals surface area contributed by atoms with Crippen molar-refractivity contribution in [3.63, 3.8) is 0 Å². The summed E-state index contributed by atoms with van der Waals surface area (Å²) < 4.78 is 5.70. The van der Waals surface area contributed by atoms with Gasteiger partial charge in [-0.15, -0.1) is 0 Å². The second kappa shape index (κ2) is 8.69. The summed E-state index contributed by atoms with van der Waals surface area (Å²) in [7, 11) is 0. The number of carbonyl (C=O) groups is 1. The van der Waals surface area contributed by atoms with Crippen molar-refractivity contribution in [1.82, 2.24) is 0 Å². The van der Waals surface area contributed by atoms with Gasteiger partial charge in [-0.1, -0.05) is 44.9 Å². The van der Waals surface area contributed by atoms with E-state index in [2.05, 4.69) is 32.1 Å². The van der Waals surface area contributed by atoms with Crippen LogP contribution in [0.5, 0.6) is 0 Å². The van der Waals surface area contributed by atoms with Crippen LogP contribution in [0.3, 0.4) is 0 Å². The topological polar surface area (TPSA) is 26.3 Å². The predicted molar refractivity (Wildman–Crippen MR) is 104 cm³/mol. The van der Waals surface area contributed by atoms with Crippen molar-refractivity contribution >= 4 is 11.5 Å². The minimum absolute atomic E-state index is 0.111. The molecular formula is C23H32O2. The molecule has 0 radical (unpaired) electrons. The molecule has 25 heavy (non-hydrogen) atoms. The lowest BCUT2D eigenvalue weighted by Crippen LogP contribution is -2.23. The average molecular weight is 341 g/mol. The lowest BCUT2D eigenvalue weighted by molar-refractivity contribution is 0.0174. The highest BCUT2D eigenvalue weighted by molar-refractivity contribution is 5.90. The fourth-order valence-corrected chi connectivity index (χ4v) is 4.21. The lowest BCUT2D eigenvalue weighted by atomic mass is 9.84. The molecule has 0 bridgehead atoms. The standard InChI is InChI=1S/C23H32O2/c1-3-4-18-7-9-19(10-8-18)20-11-13-21(14-12-20)23(24)25-22-15-5-17(2)6-16-22/h9,11-14,17-18,22H,3-8,10,15-16H2,1-2H3. The van der Waals surface area contributed by atoms with Crippen LogP contribution in [-0.4, -0.2) is 12.1 Å². The Morgan fingerprint density at radius 1 is 1.08 bits per heavy atom. The third-order valence-electron chi connectivity index (χ3n) is 5.94. The molecule has 0 N–H and O–H groups in total. The van der Waals surface area contributed by atoms with Gasteiger partial charge in [-0.2, -0.15) is 0 Å². The molecule has 2 heteroatoms. The Kier molecular flexibility index (Phi) is 6.34. The summed E-state index contributed by atoms with van der Waals surface area (Å²) in [4.78, 5) is 12.4. The number of benzene rings is 1. The summed E-state index contributed by atoms with van der Waals surface area (Å²) in [5, 5.41) is 0. The number of allylic oxidation sites excluding steroid dienone is 2. The van der Waals surface area contributed by atoms with Crippen molar-refractivity contribution < 1.29 is 9.53 Å². The van der Waals surface area contributed by atoms with Crippen LogP contribution < -0.4 is 0 Å². The molecule has 1 atom stereocenters. The van der Waals surface area contributed by atoms with E-state index in [1.165, 1.54) is 49.7 Å². The quantitative estimate of drug-likeness (QED) is 0.579. The van der Waals surface area contributed by atoms with Crippen molar-refractivity contribution in [1.29, 1.82) is 0 Å². The summed E-state index contributed by atoms with van der Waals surface area (Å²) in [6.45, 7) is 4.55. The van der Waals surface area contributed by atoms with Crippen LogP contribution >= 0.6 is 0 Å². The van der Waals surface area contributed by atoms with Gasteiger partial charge in [-0.25, -0.2) is 4.79 Å². The second-order valence-corrected chi connectivity index (χ2v) is 8.02. The van der Waals surface area contributed by atoms with E-state index in [-0.39, 0.29) is 12.1 Å². The smallest absolute Gasteiger partial charge is 0.338 e. The van der Waals surface area contributed by atoms with Gasteiger partial charge in [0.05, 0.1) is 5.56 Å². The van der Waals surface area contributed by atoms with Gasteiger partial charge in [0.25, 0.3) is 0 Å². The molecule has 2 aliphatic rings. The van der Waals surface area contributed by atoms with Gasteiger partial charge in [0.15, 0.2) is 0 Å². The monoisotopic (exact) mass is 340 g/mol. The van der Waals surface area contributed by atoms with E-state index < -0.39 is 0 Å². The minimum atomic E-state index is -0.160. The molecule has 2 aliphatic carbocycles. The molecule has 0 saturated heterocycles. The van der Waals surface area contributed by atoms with Gasteiger partial charge in [-0.05, 0) is 80.1 Å². The highest BCUT2D eigenvalue weighted by Gasteiger charge is 2.22. The van der Waals surface area contributed by atoms with E-state index in [1.54, 1.807) is 0 Å². The van der Waals surface area contributed by atoms with Crippen LogP contribution in [0.2, 0.25) is 0 Å². The first kappa shape index (κ1) is 18.2. The van der Waals surface area contributed by atoms with E-state index in [4.69, 9.17) is 4.74 Å². The molecule has 1 saturated carbocycles. The Morgan fingerprint density at radius 3 is 2.40 bits per heavy atom. The predicted octanol–water partition coefficient (Wildman–Crippen LogP) is 6.41. The summed E-state index contributed by atoms with van der Waals surface area (Å²) in [6, 6.07) is 8.04. The fourth-order valence-electron chi connectivity index (χ4n) is 4.21. The summed E-state index contributed by atoms with van der Waals surface area (Å²) in [5.74, 6) is 1.47. The highest BCUT2D eigenvalue weighted by atomic mass is 16.5. The van der Waals surface area contributed by atoms with Crippen LogP contribution in [0.25, 0.3) is 5.57 Å². The number of esters is 1.